The van der Waals surface area contributed by atoms with E-state index in [4.69, 9.17) is 4.98 Å². The highest BCUT2D eigenvalue weighted by atomic mass is 32.2. The van der Waals surface area contributed by atoms with Crippen LogP contribution in [0.25, 0.3) is 11.2 Å². The molecule has 0 aliphatic carbocycles. The van der Waals surface area contributed by atoms with Crippen molar-refractivity contribution in [3.05, 3.63) is 38.3 Å². The average Bonchev–Trinajstić information content (AvgIpc) is 3.10. The Kier molecular flexibility index (Phi) is 5.89. The normalized spacial score (nSPS) is 15.2. The molecule has 0 atom stereocenters. The third kappa shape index (κ3) is 4.11. The number of aryl methyl sites for hydroxylation is 4. The number of fused-ring (bicyclic) bond motifs is 1. The Morgan fingerprint density at radius 3 is 2.23 bits per heavy atom. The predicted octanol–water partition coefficient (Wildman–Crippen LogP) is 0.385. The fourth-order valence-electron chi connectivity index (χ4n) is 3.88. The van der Waals surface area contributed by atoms with Crippen LogP contribution in [0.2, 0.25) is 0 Å². The minimum atomic E-state index is -0.370. The van der Waals surface area contributed by atoms with E-state index < -0.39 is 0 Å². The zero-order valence-electron chi connectivity index (χ0n) is 18.6. The van der Waals surface area contributed by atoms with Crippen LogP contribution in [0, 0.1) is 13.8 Å². The molecule has 1 saturated heterocycles. The van der Waals surface area contributed by atoms with Gasteiger partial charge in [0.2, 0.25) is 5.95 Å². The molecule has 1 fully saturated rings. The molecule has 0 saturated carbocycles. The predicted molar refractivity (Wildman–Crippen MR) is 122 cm³/mol. The number of hydrogen-bond donors (Lipinski definition) is 0. The standard InChI is InChI=1S/C20H28N8O2S/c1-13-12-14(2)22-18(21-13)31-11-10-28-15-16(25(4)20(30)26(5)17(15)29)23-19(28)27-8-6-24(3)7-9-27/h12H,6-11H2,1-5H3. The summed E-state index contributed by atoms with van der Waals surface area (Å²) in [6.07, 6.45) is 0. The van der Waals surface area contributed by atoms with Gasteiger partial charge in [-0.15, -0.1) is 0 Å². The van der Waals surface area contributed by atoms with Crippen LogP contribution in [-0.4, -0.2) is 72.5 Å². The first-order chi connectivity index (χ1) is 14.8. The molecule has 3 aromatic rings. The van der Waals surface area contributed by atoms with E-state index >= 15 is 0 Å². The second-order valence-electron chi connectivity index (χ2n) is 8.01. The topological polar surface area (TPSA) is 94.1 Å². The fourth-order valence-corrected chi connectivity index (χ4v) is 4.75. The number of nitrogens with zero attached hydrogens (tertiary/aromatic N) is 8. The van der Waals surface area contributed by atoms with Crippen molar-refractivity contribution in [1.29, 1.82) is 0 Å². The molecule has 0 bridgehead atoms. The van der Waals surface area contributed by atoms with Gasteiger partial charge in [-0.2, -0.15) is 4.98 Å². The van der Waals surface area contributed by atoms with Crippen LogP contribution in [0.4, 0.5) is 5.95 Å². The molecular formula is C20H28N8O2S. The van der Waals surface area contributed by atoms with E-state index in [9.17, 15) is 9.59 Å². The molecule has 166 valence electrons. The van der Waals surface area contributed by atoms with Crippen molar-refractivity contribution in [1.82, 2.24) is 33.6 Å². The largest absolute Gasteiger partial charge is 0.340 e. The van der Waals surface area contributed by atoms with Gasteiger partial charge in [-0.25, -0.2) is 14.8 Å². The minimum Gasteiger partial charge on any atom is -0.340 e. The SMILES string of the molecule is Cc1cc(C)nc(SCCn2c(N3CCN(C)CC3)nc3c2c(=O)n(C)c(=O)n3C)n1. The third-order valence-corrected chi connectivity index (χ3v) is 6.45. The number of hydrogen-bond acceptors (Lipinski definition) is 8. The number of anilines is 1. The van der Waals surface area contributed by atoms with Gasteiger partial charge >= 0.3 is 5.69 Å². The summed E-state index contributed by atoms with van der Waals surface area (Å²) in [5, 5.41) is 0.725. The van der Waals surface area contributed by atoms with E-state index in [0.717, 1.165) is 53.2 Å². The molecule has 4 heterocycles. The van der Waals surface area contributed by atoms with E-state index in [2.05, 4.69) is 26.8 Å². The number of rotatable bonds is 5. The molecule has 11 heteroatoms. The lowest BCUT2D eigenvalue weighted by atomic mass is 10.3. The lowest BCUT2D eigenvalue weighted by molar-refractivity contribution is 0.310. The first kappa shape index (κ1) is 21.6. The Balaban J connectivity index is 1.73. The molecule has 0 amide bonds. The summed E-state index contributed by atoms with van der Waals surface area (Å²) < 4.78 is 4.56. The van der Waals surface area contributed by atoms with Gasteiger partial charge in [0.05, 0.1) is 0 Å². The van der Waals surface area contributed by atoms with E-state index in [0.29, 0.717) is 23.5 Å². The molecule has 0 spiro atoms. The van der Waals surface area contributed by atoms with Crippen molar-refractivity contribution in [3.8, 4) is 0 Å². The van der Waals surface area contributed by atoms with Gasteiger partial charge in [-0.05, 0) is 27.0 Å². The minimum absolute atomic E-state index is 0.321. The monoisotopic (exact) mass is 444 g/mol. The first-order valence-electron chi connectivity index (χ1n) is 10.3. The van der Waals surface area contributed by atoms with E-state index in [1.165, 1.54) is 11.6 Å². The number of piperazine rings is 1. The van der Waals surface area contributed by atoms with Crippen LogP contribution < -0.4 is 16.1 Å². The summed E-state index contributed by atoms with van der Waals surface area (Å²) in [7, 11) is 5.27. The molecule has 0 radical (unpaired) electrons. The Hall–Kier alpha value is -2.66. The second-order valence-corrected chi connectivity index (χ2v) is 9.08. The Bertz CT molecular complexity index is 1220. The summed E-state index contributed by atoms with van der Waals surface area (Å²) in [5.74, 6) is 1.42. The second kappa shape index (κ2) is 8.46. The molecule has 3 aromatic heterocycles. The van der Waals surface area contributed by atoms with Crippen LogP contribution in [-0.2, 0) is 20.6 Å². The zero-order chi connectivity index (χ0) is 22.3. The molecule has 0 aromatic carbocycles. The van der Waals surface area contributed by atoms with Crippen molar-refractivity contribution < 1.29 is 0 Å². The zero-order valence-corrected chi connectivity index (χ0v) is 19.4. The van der Waals surface area contributed by atoms with E-state index in [1.807, 2.05) is 24.5 Å². The molecular weight excluding hydrogens is 416 g/mol. The van der Waals surface area contributed by atoms with Crippen molar-refractivity contribution >= 4 is 28.9 Å². The summed E-state index contributed by atoms with van der Waals surface area (Å²) in [4.78, 5) is 43.7. The van der Waals surface area contributed by atoms with Gasteiger partial charge in [0.1, 0.15) is 0 Å². The van der Waals surface area contributed by atoms with Crippen LogP contribution in [0.5, 0.6) is 0 Å². The molecule has 0 unspecified atom stereocenters. The van der Waals surface area contributed by atoms with Gasteiger partial charge in [-0.3, -0.25) is 13.9 Å². The fraction of sp³-hybridized carbons (Fsp3) is 0.550. The molecule has 0 N–H and O–H groups in total. The van der Waals surface area contributed by atoms with Crippen molar-refractivity contribution in [2.45, 2.75) is 25.5 Å². The number of aromatic nitrogens is 6. The maximum absolute atomic E-state index is 13.0. The van der Waals surface area contributed by atoms with Gasteiger partial charge in [-0.1, -0.05) is 11.8 Å². The summed E-state index contributed by atoms with van der Waals surface area (Å²) in [6.45, 7) is 7.96. The highest BCUT2D eigenvalue weighted by molar-refractivity contribution is 7.99. The van der Waals surface area contributed by atoms with Crippen molar-refractivity contribution in [3.63, 3.8) is 0 Å². The maximum Gasteiger partial charge on any atom is 0.332 e. The average molecular weight is 445 g/mol. The molecule has 1 aliphatic rings. The van der Waals surface area contributed by atoms with Crippen LogP contribution >= 0.6 is 11.8 Å². The number of imidazole rings is 1. The van der Waals surface area contributed by atoms with Gasteiger partial charge < -0.3 is 14.4 Å². The first-order valence-corrected chi connectivity index (χ1v) is 11.3. The number of thioether (sulfide) groups is 1. The summed E-state index contributed by atoms with van der Waals surface area (Å²) in [6, 6.07) is 1.95. The highest BCUT2D eigenvalue weighted by Gasteiger charge is 2.24. The van der Waals surface area contributed by atoms with Crippen LogP contribution in [0.3, 0.4) is 0 Å². The maximum atomic E-state index is 13.0. The highest BCUT2D eigenvalue weighted by Crippen LogP contribution is 2.23. The number of likely N-dealkylation sites (N-methyl/N-ethyl adjacent to an activating group) is 1. The van der Waals surface area contributed by atoms with Crippen LogP contribution in [0.15, 0.2) is 20.8 Å². The van der Waals surface area contributed by atoms with Crippen molar-refractivity contribution in [2.75, 3.05) is 43.9 Å². The van der Waals surface area contributed by atoms with Crippen molar-refractivity contribution in [2.24, 2.45) is 14.1 Å². The smallest absolute Gasteiger partial charge is 0.332 e. The van der Waals surface area contributed by atoms with Crippen LogP contribution in [0.1, 0.15) is 11.4 Å². The summed E-state index contributed by atoms with van der Waals surface area (Å²) in [5.41, 5.74) is 2.06. The Labute approximate surface area is 184 Å². The lowest BCUT2D eigenvalue weighted by Crippen LogP contribution is -2.45. The van der Waals surface area contributed by atoms with E-state index in [1.54, 1.807) is 18.8 Å². The lowest BCUT2D eigenvalue weighted by Gasteiger charge is -2.33. The molecule has 10 nitrogen and oxygen atoms in total. The molecule has 4 rings (SSSR count). The molecule has 1 aliphatic heterocycles. The van der Waals surface area contributed by atoms with Gasteiger partial charge in [0.15, 0.2) is 16.3 Å². The Morgan fingerprint density at radius 2 is 1.58 bits per heavy atom. The third-order valence-electron chi connectivity index (χ3n) is 5.62. The quantitative estimate of drug-likeness (QED) is 0.412. The molecule has 31 heavy (non-hydrogen) atoms. The van der Waals surface area contributed by atoms with E-state index in [-0.39, 0.29) is 11.2 Å². The van der Waals surface area contributed by atoms with Gasteiger partial charge in [0.25, 0.3) is 5.56 Å². The van der Waals surface area contributed by atoms with Gasteiger partial charge in [0, 0.05) is 64.0 Å². The summed E-state index contributed by atoms with van der Waals surface area (Å²) >= 11 is 1.55. The Morgan fingerprint density at radius 1 is 0.935 bits per heavy atom.